The minimum atomic E-state index is -0.479. The van der Waals surface area contributed by atoms with Crippen LogP contribution in [0.2, 0.25) is 0 Å². The summed E-state index contributed by atoms with van der Waals surface area (Å²) in [4.78, 5) is 38.3. The molecule has 1 aliphatic heterocycles. The molecule has 1 fully saturated rings. The van der Waals surface area contributed by atoms with Crippen LogP contribution in [0.1, 0.15) is 33.3 Å². The van der Waals surface area contributed by atoms with E-state index < -0.39 is 6.04 Å². The van der Waals surface area contributed by atoms with E-state index in [-0.39, 0.29) is 29.4 Å². The van der Waals surface area contributed by atoms with Gasteiger partial charge in [-0.3, -0.25) is 19.3 Å². The third-order valence-electron chi connectivity index (χ3n) is 5.51. The highest BCUT2D eigenvalue weighted by molar-refractivity contribution is 8.14. The molecule has 5 rings (SSSR count). The first-order chi connectivity index (χ1) is 16.1. The number of hydrogen-bond acceptors (Lipinski definition) is 5. The number of rotatable bonds is 6. The summed E-state index contributed by atoms with van der Waals surface area (Å²) in [6, 6.07) is 25.8. The maximum absolute atomic E-state index is 13.2. The van der Waals surface area contributed by atoms with Gasteiger partial charge in [0.05, 0.1) is 12.3 Å². The smallest absolute Gasteiger partial charge is 0.289 e. The van der Waals surface area contributed by atoms with E-state index in [4.69, 9.17) is 4.42 Å². The summed E-state index contributed by atoms with van der Waals surface area (Å²) in [5, 5.41) is 3.78. The lowest BCUT2D eigenvalue weighted by Crippen LogP contribution is -2.30. The van der Waals surface area contributed by atoms with Gasteiger partial charge in [-0.1, -0.05) is 72.4 Å². The van der Waals surface area contributed by atoms with Gasteiger partial charge in [-0.25, -0.2) is 0 Å². The number of nitrogens with zero attached hydrogens (tertiary/aromatic N) is 1. The van der Waals surface area contributed by atoms with Gasteiger partial charge < -0.3 is 9.73 Å². The number of furan rings is 1. The van der Waals surface area contributed by atoms with E-state index in [9.17, 15) is 14.4 Å². The quantitative estimate of drug-likeness (QED) is 0.434. The Morgan fingerprint density at radius 1 is 0.970 bits per heavy atom. The Labute approximate surface area is 194 Å². The van der Waals surface area contributed by atoms with Crippen LogP contribution in [-0.4, -0.2) is 27.7 Å². The van der Waals surface area contributed by atoms with Crippen molar-refractivity contribution in [1.82, 2.24) is 10.2 Å². The molecule has 1 unspecified atom stereocenters. The zero-order valence-electron chi connectivity index (χ0n) is 17.6. The molecule has 6 nitrogen and oxygen atoms in total. The molecule has 164 valence electrons. The highest BCUT2D eigenvalue weighted by Crippen LogP contribution is 2.29. The number of thioether (sulfide) groups is 1. The monoisotopic (exact) mass is 456 g/mol. The molecule has 33 heavy (non-hydrogen) atoms. The van der Waals surface area contributed by atoms with Crippen LogP contribution in [-0.2, 0) is 11.3 Å². The van der Waals surface area contributed by atoms with Crippen molar-refractivity contribution >= 4 is 39.8 Å². The van der Waals surface area contributed by atoms with Gasteiger partial charge in [0.2, 0.25) is 5.91 Å². The second kappa shape index (κ2) is 8.96. The number of carbonyl (C=O) groups excluding carboxylic acids is 3. The normalized spacial score (nSPS) is 14.6. The summed E-state index contributed by atoms with van der Waals surface area (Å²) >= 11 is 0.996. The van der Waals surface area contributed by atoms with Crippen molar-refractivity contribution in [2.75, 3.05) is 5.75 Å². The van der Waals surface area contributed by atoms with E-state index in [0.29, 0.717) is 16.9 Å². The Morgan fingerprint density at radius 3 is 2.52 bits per heavy atom. The fourth-order valence-electron chi connectivity index (χ4n) is 3.85. The fraction of sp³-hybridized carbons (Fsp3) is 0.115. The molecular formula is C26H20N2O4S. The largest absolute Gasteiger partial charge is 0.459 e. The molecule has 3 aromatic carbocycles. The second-order valence-electron chi connectivity index (χ2n) is 7.74. The molecule has 0 radical (unpaired) electrons. The van der Waals surface area contributed by atoms with Crippen LogP contribution in [0.4, 0.5) is 4.79 Å². The molecule has 1 N–H and O–H groups in total. The molecule has 0 aliphatic carbocycles. The van der Waals surface area contributed by atoms with Crippen molar-refractivity contribution in [2.24, 2.45) is 0 Å². The molecule has 1 aromatic heterocycles. The van der Waals surface area contributed by atoms with Crippen LogP contribution in [0.5, 0.6) is 0 Å². The number of hydrogen-bond donors (Lipinski definition) is 1. The lowest BCUT2D eigenvalue weighted by atomic mass is 10.0. The average molecular weight is 457 g/mol. The standard InChI is InChI=1S/C26H20N2O4S/c29-23-16-33-26(31)28(23)15-17-7-6-11-20(13-17)25(30)27-24(18-8-2-1-3-9-18)22-14-19-10-4-5-12-21(19)32-22/h1-14,24H,15-16H2,(H,27,30). The summed E-state index contributed by atoms with van der Waals surface area (Å²) in [7, 11) is 0. The van der Waals surface area contributed by atoms with Gasteiger partial charge in [0.15, 0.2) is 0 Å². The molecule has 1 saturated heterocycles. The fourth-order valence-corrected chi connectivity index (χ4v) is 4.58. The number of nitrogens with one attached hydrogen (secondary N) is 1. The first-order valence-electron chi connectivity index (χ1n) is 10.5. The molecule has 0 bridgehead atoms. The number of para-hydroxylation sites is 1. The number of carbonyl (C=O) groups is 3. The van der Waals surface area contributed by atoms with Gasteiger partial charge in [-0.05, 0) is 35.4 Å². The molecule has 1 atom stereocenters. The minimum absolute atomic E-state index is 0.150. The summed E-state index contributed by atoms with van der Waals surface area (Å²) in [6.07, 6.45) is 0. The molecule has 4 aromatic rings. The first kappa shape index (κ1) is 21.0. The van der Waals surface area contributed by atoms with Crippen molar-refractivity contribution < 1.29 is 18.8 Å². The Hall–Kier alpha value is -3.84. The van der Waals surface area contributed by atoms with E-state index in [1.54, 1.807) is 24.3 Å². The van der Waals surface area contributed by atoms with Crippen LogP contribution >= 0.6 is 11.8 Å². The van der Waals surface area contributed by atoms with Crippen molar-refractivity contribution in [2.45, 2.75) is 12.6 Å². The molecule has 7 heteroatoms. The molecule has 0 saturated carbocycles. The topological polar surface area (TPSA) is 79.6 Å². The van der Waals surface area contributed by atoms with E-state index in [2.05, 4.69) is 5.32 Å². The maximum atomic E-state index is 13.2. The van der Waals surface area contributed by atoms with Gasteiger partial charge in [0, 0.05) is 10.9 Å². The van der Waals surface area contributed by atoms with Crippen LogP contribution in [0.15, 0.2) is 89.3 Å². The molecule has 1 aliphatic rings. The van der Waals surface area contributed by atoms with Crippen molar-refractivity contribution in [3.63, 3.8) is 0 Å². The van der Waals surface area contributed by atoms with Crippen LogP contribution < -0.4 is 5.32 Å². The van der Waals surface area contributed by atoms with Gasteiger partial charge in [0.1, 0.15) is 17.4 Å². The van der Waals surface area contributed by atoms with Crippen LogP contribution in [0.3, 0.4) is 0 Å². The summed E-state index contributed by atoms with van der Waals surface area (Å²) in [6.45, 7) is 0.150. The SMILES string of the molecule is O=C(NC(c1ccccc1)c1cc2ccccc2o1)c1cccc(CN2C(=O)CSC2=O)c1. The molecule has 0 spiro atoms. The third kappa shape index (κ3) is 4.40. The lowest BCUT2D eigenvalue weighted by Gasteiger charge is -2.18. The van der Waals surface area contributed by atoms with E-state index in [1.165, 1.54) is 4.90 Å². The van der Waals surface area contributed by atoms with Gasteiger partial charge in [-0.15, -0.1) is 0 Å². The zero-order chi connectivity index (χ0) is 22.8. The maximum Gasteiger partial charge on any atom is 0.289 e. The Morgan fingerprint density at radius 2 is 1.76 bits per heavy atom. The van der Waals surface area contributed by atoms with Crippen molar-refractivity contribution in [1.29, 1.82) is 0 Å². The number of benzene rings is 3. The molecule has 3 amide bonds. The Balaban J connectivity index is 1.42. The van der Waals surface area contributed by atoms with E-state index >= 15 is 0 Å². The van der Waals surface area contributed by atoms with Crippen molar-refractivity contribution in [3.05, 3.63) is 107 Å². The lowest BCUT2D eigenvalue weighted by molar-refractivity contribution is -0.125. The van der Waals surface area contributed by atoms with Crippen molar-refractivity contribution in [3.8, 4) is 0 Å². The minimum Gasteiger partial charge on any atom is -0.459 e. The highest BCUT2D eigenvalue weighted by atomic mass is 32.2. The van der Waals surface area contributed by atoms with Gasteiger partial charge >= 0.3 is 0 Å². The molecular weight excluding hydrogens is 436 g/mol. The van der Waals surface area contributed by atoms with Gasteiger partial charge in [0.25, 0.3) is 11.1 Å². The first-order valence-corrected chi connectivity index (χ1v) is 11.5. The number of amides is 3. The van der Waals surface area contributed by atoms with Gasteiger partial charge in [-0.2, -0.15) is 0 Å². The highest BCUT2D eigenvalue weighted by Gasteiger charge is 2.30. The Kier molecular flexibility index (Phi) is 5.71. The van der Waals surface area contributed by atoms with Crippen LogP contribution in [0, 0.1) is 0 Å². The van der Waals surface area contributed by atoms with Crippen LogP contribution in [0.25, 0.3) is 11.0 Å². The predicted octanol–water partition coefficient (Wildman–Crippen LogP) is 5.15. The average Bonchev–Trinajstić information content (AvgIpc) is 3.41. The second-order valence-corrected chi connectivity index (χ2v) is 8.67. The zero-order valence-corrected chi connectivity index (χ0v) is 18.4. The summed E-state index contributed by atoms with van der Waals surface area (Å²) in [5.41, 5.74) is 2.80. The summed E-state index contributed by atoms with van der Waals surface area (Å²) in [5.74, 6) is 0.306. The number of imide groups is 1. The summed E-state index contributed by atoms with van der Waals surface area (Å²) < 4.78 is 6.06. The third-order valence-corrected chi connectivity index (χ3v) is 6.37. The number of fused-ring (bicyclic) bond motifs is 1. The Bertz CT molecular complexity index is 1300. The molecule has 2 heterocycles. The predicted molar refractivity (Wildman–Crippen MR) is 127 cm³/mol. The van der Waals surface area contributed by atoms with E-state index in [1.807, 2.05) is 60.7 Å². The van der Waals surface area contributed by atoms with E-state index in [0.717, 1.165) is 28.3 Å².